The molecule has 4 nitrogen and oxygen atoms in total. The Morgan fingerprint density at radius 3 is 2.73 bits per heavy atom. The van der Waals surface area contributed by atoms with Crippen LogP contribution >= 0.6 is 23.4 Å². The molecular formula is C14H10ClFN2O2S2. The summed E-state index contributed by atoms with van der Waals surface area (Å²) in [7, 11) is -3.74. The van der Waals surface area contributed by atoms with Gasteiger partial charge in [-0.2, -0.15) is 8.42 Å². The topological polar surface area (TPSA) is 58.5 Å². The van der Waals surface area contributed by atoms with E-state index in [0.29, 0.717) is 16.3 Å². The number of benzene rings is 2. The maximum Gasteiger partial charge on any atom is 0.286 e. The van der Waals surface area contributed by atoms with Crippen molar-refractivity contribution in [2.45, 2.75) is 10.6 Å². The number of hydrogen-bond donors (Lipinski definition) is 1. The van der Waals surface area contributed by atoms with Gasteiger partial charge in [-0.15, -0.1) is 4.40 Å². The molecule has 0 aliphatic carbocycles. The zero-order valence-corrected chi connectivity index (χ0v) is 13.5. The van der Waals surface area contributed by atoms with E-state index in [1.807, 2.05) is 0 Å². The predicted octanol–water partition coefficient (Wildman–Crippen LogP) is 3.88. The molecule has 0 aromatic heterocycles. The summed E-state index contributed by atoms with van der Waals surface area (Å²) in [5.41, 5.74) is 0.773. The summed E-state index contributed by atoms with van der Waals surface area (Å²) in [6.07, 6.45) is 0. The Hall–Kier alpha value is -1.57. The first-order valence-electron chi connectivity index (χ1n) is 6.24. The van der Waals surface area contributed by atoms with Gasteiger partial charge in [0.05, 0.1) is 5.69 Å². The van der Waals surface area contributed by atoms with Crippen LogP contribution in [-0.4, -0.2) is 13.6 Å². The molecule has 0 spiro atoms. The summed E-state index contributed by atoms with van der Waals surface area (Å²) in [6.45, 7) is 0. The van der Waals surface area contributed by atoms with Crippen molar-refractivity contribution < 1.29 is 12.8 Å². The third kappa shape index (κ3) is 2.97. The summed E-state index contributed by atoms with van der Waals surface area (Å²) < 4.78 is 41.6. The molecule has 0 fully saturated rings. The molecule has 22 heavy (non-hydrogen) atoms. The van der Waals surface area contributed by atoms with E-state index in [0.717, 1.165) is 11.8 Å². The van der Waals surface area contributed by atoms with Crippen LogP contribution in [0.3, 0.4) is 0 Å². The minimum absolute atomic E-state index is 0.128. The largest absolute Gasteiger partial charge is 0.333 e. The van der Waals surface area contributed by atoms with E-state index in [-0.39, 0.29) is 15.8 Å². The number of nitrogens with zero attached hydrogens (tertiary/aromatic N) is 1. The second-order valence-corrected chi connectivity index (χ2v) is 7.43. The van der Waals surface area contributed by atoms with Crippen LogP contribution < -0.4 is 5.32 Å². The van der Waals surface area contributed by atoms with Crippen molar-refractivity contribution >= 4 is 44.2 Å². The van der Waals surface area contributed by atoms with Crippen LogP contribution in [0, 0.1) is 5.82 Å². The summed E-state index contributed by atoms with van der Waals surface area (Å²) in [5.74, 6) is -0.255. The summed E-state index contributed by atoms with van der Waals surface area (Å²) in [6, 6.07) is 10.9. The van der Waals surface area contributed by atoms with Crippen molar-refractivity contribution in [3.63, 3.8) is 0 Å². The first-order valence-corrected chi connectivity index (χ1v) is 9.04. The van der Waals surface area contributed by atoms with Crippen molar-refractivity contribution in [2.24, 2.45) is 4.40 Å². The fraction of sp³-hybridized carbons (Fsp3) is 0.0714. The number of halogens is 2. The Kier molecular flexibility index (Phi) is 4.12. The van der Waals surface area contributed by atoms with Crippen LogP contribution in [0.4, 0.5) is 10.1 Å². The number of nitrogens with one attached hydrogen (secondary N) is 1. The van der Waals surface area contributed by atoms with Gasteiger partial charge in [0.1, 0.15) is 10.7 Å². The second-order valence-electron chi connectivity index (χ2n) is 4.48. The highest BCUT2D eigenvalue weighted by atomic mass is 35.5. The highest BCUT2D eigenvalue weighted by molar-refractivity contribution is 8.14. The maximum absolute atomic E-state index is 13.7. The minimum atomic E-state index is -3.74. The first kappa shape index (κ1) is 15.3. The van der Waals surface area contributed by atoms with Crippen LogP contribution in [0.5, 0.6) is 0 Å². The molecule has 8 heteroatoms. The normalized spacial score (nSPS) is 15.6. The molecule has 3 rings (SSSR count). The Labute approximate surface area is 136 Å². The fourth-order valence-electron chi connectivity index (χ4n) is 1.96. The van der Waals surface area contributed by atoms with Gasteiger partial charge in [0.2, 0.25) is 0 Å². The number of sulfonamides is 1. The second kappa shape index (κ2) is 5.91. The number of amidine groups is 1. The average molecular weight is 357 g/mol. The molecule has 1 aliphatic rings. The van der Waals surface area contributed by atoms with Gasteiger partial charge in [-0.25, -0.2) is 4.39 Å². The highest BCUT2D eigenvalue weighted by Gasteiger charge is 2.24. The van der Waals surface area contributed by atoms with Gasteiger partial charge in [-0.05, 0) is 24.3 Å². The summed E-state index contributed by atoms with van der Waals surface area (Å²) >= 11 is 7.03. The highest BCUT2D eigenvalue weighted by Crippen LogP contribution is 2.31. The van der Waals surface area contributed by atoms with Gasteiger partial charge in [0, 0.05) is 16.3 Å². The zero-order valence-electron chi connectivity index (χ0n) is 11.1. The molecule has 1 N–H and O–H groups in total. The smallest absolute Gasteiger partial charge is 0.286 e. The minimum Gasteiger partial charge on any atom is -0.333 e. The third-order valence-electron chi connectivity index (χ3n) is 3.02. The summed E-state index contributed by atoms with van der Waals surface area (Å²) in [4.78, 5) is 0.128. The quantitative estimate of drug-likeness (QED) is 0.887. The van der Waals surface area contributed by atoms with Crippen LogP contribution in [0.15, 0.2) is 51.8 Å². The van der Waals surface area contributed by atoms with Gasteiger partial charge in [-0.3, -0.25) is 0 Å². The number of fused-ring (bicyclic) bond motifs is 1. The molecule has 0 saturated carbocycles. The molecule has 0 bridgehead atoms. The molecule has 114 valence electrons. The summed E-state index contributed by atoms with van der Waals surface area (Å²) in [5, 5.41) is 3.42. The van der Waals surface area contributed by atoms with E-state index in [1.54, 1.807) is 24.3 Å². The lowest BCUT2D eigenvalue weighted by molar-refractivity contribution is 0.598. The monoisotopic (exact) mass is 356 g/mol. The zero-order chi connectivity index (χ0) is 15.7. The van der Waals surface area contributed by atoms with E-state index < -0.39 is 15.8 Å². The van der Waals surface area contributed by atoms with Crippen LogP contribution in [0.25, 0.3) is 0 Å². The van der Waals surface area contributed by atoms with Crippen LogP contribution in [0.1, 0.15) is 5.56 Å². The Morgan fingerprint density at radius 1 is 1.18 bits per heavy atom. The maximum atomic E-state index is 13.7. The van der Waals surface area contributed by atoms with Crippen LogP contribution in [-0.2, 0) is 15.8 Å². The molecule has 0 radical (unpaired) electrons. The molecule has 2 aromatic rings. The van der Waals surface area contributed by atoms with Crippen LogP contribution in [0.2, 0.25) is 5.02 Å². The number of para-hydroxylation sites is 1. The van der Waals surface area contributed by atoms with E-state index in [4.69, 9.17) is 11.6 Å². The lowest BCUT2D eigenvalue weighted by Crippen LogP contribution is -2.18. The standard InChI is InChI=1S/C14H10ClFN2O2S2/c15-10-4-3-5-11(16)9(10)8-21-14-17-12-6-1-2-7-13(12)22(19,20)18-14/h1-7H,8H2,(H,17,18). The molecule has 0 unspecified atom stereocenters. The van der Waals surface area contributed by atoms with E-state index in [9.17, 15) is 12.8 Å². The van der Waals surface area contributed by atoms with Crippen molar-refractivity contribution in [2.75, 3.05) is 5.32 Å². The Balaban J connectivity index is 1.85. The Morgan fingerprint density at radius 2 is 1.95 bits per heavy atom. The number of rotatable bonds is 2. The van der Waals surface area contributed by atoms with Gasteiger partial charge < -0.3 is 5.32 Å². The van der Waals surface area contributed by atoms with Gasteiger partial charge >= 0.3 is 0 Å². The lowest BCUT2D eigenvalue weighted by Gasteiger charge is -2.17. The van der Waals surface area contributed by atoms with Gasteiger partial charge in [-0.1, -0.05) is 41.6 Å². The van der Waals surface area contributed by atoms with Gasteiger partial charge in [0.25, 0.3) is 10.0 Å². The van der Waals surface area contributed by atoms with Crippen molar-refractivity contribution in [3.05, 3.63) is 58.9 Å². The SMILES string of the molecule is O=S1(=O)N=C(SCc2c(F)cccc2Cl)Nc2ccccc21. The van der Waals surface area contributed by atoms with Crippen molar-refractivity contribution in [3.8, 4) is 0 Å². The predicted molar refractivity (Wildman–Crippen MR) is 87.4 cm³/mol. The number of hydrogen-bond acceptors (Lipinski definition) is 4. The third-order valence-corrected chi connectivity index (χ3v) is 5.73. The van der Waals surface area contributed by atoms with Gasteiger partial charge in [0.15, 0.2) is 5.17 Å². The molecule has 2 aromatic carbocycles. The van der Waals surface area contributed by atoms with Crippen molar-refractivity contribution in [1.82, 2.24) is 0 Å². The number of anilines is 1. The fourth-order valence-corrected chi connectivity index (χ4v) is 4.55. The lowest BCUT2D eigenvalue weighted by atomic mass is 10.2. The first-order chi connectivity index (χ1) is 10.5. The molecule has 1 heterocycles. The molecule has 1 aliphatic heterocycles. The average Bonchev–Trinajstić information content (AvgIpc) is 2.46. The molecule has 0 amide bonds. The van der Waals surface area contributed by atoms with E-state index >= 15 is 0 Å². The van der Waals surface area contributed by atoms with E-state index in [1.165, 1.54) is 18.2 Å². The van der Waals surface area contributed by atoms with E-state index in [2.05, 4.69) is 9.71 Å². The molecule has 0 atom stereocenters. The molecular weight excluding hydrogens is 347 g/mol. The number of thioether (sulfide) groups is 1. The van der Waals surface area contributed by atoms with Crippen molar-refractivity contribution in [1.29, 1.82) is 0 Å². The Bertz CT molecular complexity index is 849. The molecule has 0 saturated heterocycles.